The molecule has 0 aliphatic carbocycles. The molecule has 0 atom stereocenters. The fraction of sp³-hybridized carbons (Fsp3) is 0.346. The molecular weight excluding hydrogens is 484 g/mol. The van der Waals surface area contributed by atoms with Gasteiger partial charge in [0.25, 0.3) is 5.91 Å². The van der Waals surface area contributed by atoms with E-state index in [1.807, 2.05) is 60.7 Å². The monoisotopic (exact) mass is 510 g/mol. The zero-order valence-electron chi connectivity index (χ0n) is 19.3. The molecule has 0 radical (unpaired) electrons. The first-order valence-corrected chi connectivity index (χ1v) is 13.1. The van der Waals surface area contributed by atoms with Crippen molar-refractivity contribution in [3.8, 4) is 0 Å². The van der Waals surface area contributed by atoms with Gasteiger partial charge in [-0.25, -0.2) is 9.97 Å². The number of benzene rings is 2. The summed E-state index contributed by atoms with van der Waals surface area (Å²) in [7, 11) is 0. The molecule has 3 heterocycles. The Balaban J connectivity index is 1.15. The highest BCUT2D eigenvalue weighted by Crippen LogP contribution is 2.33. The standard InChI is InChI=1S/C26H27ClN4O3S/c27-22-16-23(31-12-10-26(11-13-31)33-14-15-34-26)30-25(29-22)35-18-20-6-8-21(9-7-20)24(32)28-17-19-4-2-1-3-5-19/h1-9,16H,10-15,17-18H2,(H,28,32). The number of piperidine rings is 1. The van der Waals surface area contributed by atoms with E-state index in [4.69, 9.17) is 26.1 Å². The van der Waals surface area contributed by atoms with Gasteiger partial charge in [0.15, 0.2) is 10.9 Å². The first kappa shape index (κ1) is 24.1. The predicted molar refractivity (Wildman–Crippen MR) is 137 cm³/mol. The van der Waals surface area contributed by atoms with Crippen molar-refractivity contribution in [3.63, 3.8) is 0 Å². The van der Waals surface area contributed by atoms with E-state index < -0.39 is 5.79 Å². The molecule has 0 saturated carbocycles. The van der Waals surface area contributed by atoms with Gasteiger partial charge in [-0.1, -0.05) is 65.8 Å². The van der Waals surface area contributed by atoms with Gasteiger partial charge in [-0.15, -0.1) is 0 Å². The van der Waals surface area contributed by atoms with E-state index in [2.05, 4.69) is 15.2 Å². The van der Waals surface area contributed by atoms with Crippen LogP contribution in [0.15, 0.2) is 65.8 Å². The maximum Gasteiger partial charge on any atom is 0.251 e. The van der Waals surface area contributed by atoms with Crippen molar-refractivity contribution in [2.75, 3.05) is 31.2 Å². The predicted octanol–water partition coefficient (Wildman–Crippen LogP) is 4.70. The lowest BCUT2D eigenvalue weighted by atomic mass is 10.0. The van der Waals surface area contributed by atoms with Crippen molar-refractivity contribution < 1.29 is 14.3 Å². The number of nitrogens with one attached hydrogen (secondary N) is 1. The Kier molecular flexibility index (Phi) is 7.53. The van der Waals surface area contributed by atoms with Crippen LogP contribution in [-0.2, 0) is 21.8 Å². The third kappa shape index (κ3) is 6.13. The Hall–Kier alpha value is -2.65. The Labute approximate surface area is 214 Å². The number of nitrogens with zero attached hydrogens (tertiary/aromatic N) is 3. The van der Waals surface area contributed by atoms with Gasteiger partial charge in [0.05, 0.1) is 13.2 Å². The molecule has 5 rings (SSSR count). The number of thioether (sulfide) groups is 1. The van der Waals surface area contributed by atoms with Crippen LogP contribution >= 0.6 is 23.4 Å². The molecule has 2 fully saturated rings. The van der Waals surface area contributed by atoms with Crippen molar-refractivity contribution >= 4 is 35.1 Å². The molecule has 2 aromatic carbocycles. The summed E-state index contributed by atoms with van der Waals surface area (Å²) in [6, 6.07) is 19.3. The number of carbonyl (C=O) groups is 1. The number of halogens is 1. The molecule has 1 aromatic heterocycles. The minimum Gasteiger partial charge on any atom is -0.356 e. The summed E-state index contributed by atoms with van der Waals surface area (Å²) in [5.74, 6) is 0.991. The number of amides is 1. The van der Waals surface area contributed by atoms with Crippen LogP contribution < -0.4 is 10.2 Å². The molecule has 182 valence electrons. The van der Waals surface area contributed by atoms with Crippen LogP contribution in [-0.4, -0.2) is 48.0 Å². The van der Waals surface area contributed by atoms with Crippen LogP contribution in [0, 0.1) is 0 Å². The molecule has 0 bridgehead atoms. The lowest BCUT2D eigenvalue weighted by molar-refractivity contribution is -0.169. The average Bonchev–Trinajstić information content (AvgIpc) is 3.35. The molecule has 0 unspecified atom stereocenters. The molecule has 2 saturated heterocycles. The zero-order chi connectivity index (χ0) is 24.1. The van der Waals surface area contributed by atoms with Gasteiger partial charge in [-0.3, -0.25) is 4.79 Å². The largest absolute Gasteiger partial charge is 0.356 e. The fourth-order valence-electron chi connectivity index (χ4n) is 4.25. The zero-order valence-corrected chi connectivity index (χ0v) is 20.9. The van der Waals surface area contributed by atoms with Gasteiger partial charge in [0.2, 0.25) is 0 Å². The Bertz CT molecular complexity index is 1150. The number of ether oxygens (including phenoxy) is 2. The molecule has 2 aliphatic heterocycles. The lowest BCUT2D eigenvalue weighted by Crippen LogP contribution is -2.45. The molecule has 1 spiro atoms. The minimum atomic E-state index is -0.421. The van der Waals surface area contributed by atoms with Crippen molar-refractivity contribution in [1.82, 2.24) is 15.3 Å². The number of rotatable bonds is 7. The van der Waals surface area contributed by atoms with Crippen LogP contribution in [0.3, 0.4) is 0 Å². The molecular formula is C26H27ClN4O3S. The normalized spacial score (nSPS) is 17.0. The van der Waals surface area contributed by atoms with Crippen molar-refractivity contribution in [2.24, 2.45) is 0 Å². The van der Waals surface area contributed by atoms with Gasteiger partial charge in [-0.2, -0.15) is 0 Å². The number of hydrogen-bond donors (Lipinski definition) is 1. The third-order valence-electron chi connectivity index (χ3n) is 6.20. The fourth-order valence-corrected chi connectivity index (χ4v) is 5.29. The Morgan fingerprint density at radius 1 is 1.00 bits per heavy atom. The van der Waals surface area contributed by atoms with E-state index >= 15 is 0 Å². The van der Waals surface area contributed by atoms with Crippen LogP contribution in [0.25, 0.3) is 0 Å². The molecule has 9 heteroatoms. The Morgan fingerprint density at radius 3 is 2.43 bits per heavy atom. The lowest BCUT2D eigenvalue weighted by Gasteiger charge is -2.38. The summed E-state index contributed by atoms with van der Waals surface area (Å²) in [6.45, 7) is 3.43. The van der Waals surface area contributed by atoms with E-state index in [-0.39, 0.29) is 5.91 Å². The number of carbonyl (C=O) groups excluding carboxylic acids is 1. The summed E-state index contributed by atoms with van der Waals surface area (Å²) in [4.78, 5) is 23.8. The van der Waals surface area contributed by atoms with Gasteiger partial charge in [-0.05, 0) is 23.3 Å². The number of hydrogen-bond acceptors (Lipinski definition) is 7. The van der Waals surface area contributed by atoms with E-state index in [0.717, 1.165) is 42.9 Å². The van der Waals surface area contributed by atoms with E-state index in [0.29, 0.717) is 41.4 Å². The quantitative estimate of drug-likeness (QED) is 0.280. The van der Waals surface area contributed by atoms with Crippen LogP contribution in [0.2, 0.25) is 5.15 Å². The molecule has 1 N–H and O–H groups in total. The summed E-state index contributed by atoms with van der Waals surface area (Å²) in [5.41, 5.74) is 2.78. The number of anilines is 1. The van der Waals surface area contributed by atoms with Gasteiger partial charge < -0.3 is 19.7 Å². The van der Waals surface area contributed by atoms with Crippen molar-refractivity contribution in [2.45, 2.75) is 36.1 Å². The topological polar surface area (TPSA) is 76.6 Å². The van der Waals surface area contributed by atoms with Crippen LogP contribution in [0.1, 0.15) is 34.3 Å². The average molecular weight is 511 g/mol. The van der Waals surface area contributed by atoms with Crippen LogP contribution in [0.4, 0.5) is 5.82 Å². The summed E-state index contributed by atoms with van der Waals surface area (Å²) in [5, 5.41) is 4.01. The first-order chi connectivity index (χ1) is 17.1. The van der Waals surface area contributed by atoms with Gasteiger partial charge in [0.1, 0.15) is 11.0 Å². The highest BCUT2D eigenvalue weighted by atomic mass is 35.5. The van der Waals surface area contributed by atoms with Gasteiger partial charge in [0, 0.05) is 49.9 Å². The molecule has 1 amide bonds. The highest BCUT2D eigenvalue weighted by Gasteiger charge is 2.40. The smallest absolute Gasteiger partial charge is 0.251 e. The summed E-state index contributed by atoms with van der Waals surface area (Å²) < 4.78 is 11.6. The SMILES string of the molecule is O=C(NCc1ccccc1)c1ccc(CSc2nc(Cl)cc(N3CCC4(CC3)OCCO4)n2)cc1. The van der Waals surface area contributed by atoms with Crippen molar-refractivity contribution in [3.05, 3.63) is 82.5 Å². The minimum absolute atomic E-state index is 0.0902. The summed E-state index contributed by atoms with van der Waals surface area (Å²) in [6.07, 6.45) is 1.62. The van der Waals surface area contributed by atoms with Crippen molar-refractivity contribution in [1.29, 1.82) is 0 Å². The molecule has 3 aromatic rings. The molecule has 7 nitrogen and oxygen atoms in total. The summed E-state index contributed by atoms with van der Waals surface area (Å²) >= 11 is 7.84. The number of aromatic nitrogens is 2. The Morgan fingerprint density at radius 2 is 1.71 bits per heavy atom. The van der Waals surface area contributed by atoms with E-state index in [9.17, 15) is 4.79 Å². The second-order valence-electron chi connectivity index (χ2n) is 8.58. The van der Waals surface area contributed by atoms with Crippen LogP contribution in [0.5, 0.6) is 0 Å². The second-order valence-corrected chi connectivity index (χ2v) is 9.91. The highest BCUT2D eigenvalue weighted by molar-refractivity contribution is 7.98. The van der Waals surface area contributed by atoms with Gasteiger partial charge >= 0.3 is 0 Å². The van der Waals surface area contributed by atoms with E-state index in [1.165, 1.54) is 11.8 Å². The molecule has 2 aliphatic rings. The molecule has 35 heavy (non-hydrogen) atoms. The maximum atomic E-state index is 12.4. The maximum absolute atomic E-state index is 12.4. The first-order valence-electron chi connectivity index (χ1n) is 11.7. The van der Waals surface area contributed by atoms with E-state index in [1.54, 1.807) is 0 Å². The second kappa shape index (κ2) is 11.0. The third-order valence-corrected chi connectivity index (χ3v) is 7.32.